The highest BCUT2D eigenvalue weighted by Crippen LogP contribution is 2.22. The van der Waals surface area contributed by atoms with Crippen LogP contribution in [0.2, 0.25) is 0 Å². The van der Waals surface area contributed by atoms with Gasteiger partial charge in [0.1, 0.15) is 19.0 Å². The molecule has 0 spiro atoms. The number of amides is 1. The first-order chi connectivity index (χ1) is 11.4. The predicted molar refractivity (Wildman–Crippen MR) is 83.2 cm³/mol. The van der Waals surface area contributed by atoms with Gasteiger partial charge < -0.3 is 19.7 Å². The molecule has 1 heterocycles. The summed E-state index contributed by atoms with van der Waals surface area (Å²) in [5.41, 5.74) is 1.08. The number of nitrogens with one attached hydrogen (secondary N) is 1. The monoisotopic (exact) mass is 346 g/mol. The van der Waals surface area contributed by atoms with Crippen LogP contribution in [0.25, 0.3) is 0 Å². The first-order valence-electron chi connectivity index (χ1n) is 7.70. The van der Waals surface area contributed by atoms with Gasteiger partial charge in [0, 0.05) is 24.8 Å². The van der Waals surface area contributed by atoms with Crippen molar-refractivity contribution in [2.24, 2.45) is 0 Å². The molecule has 24 heavy (non-hydrogen) atoms. The molecular formula is C16H21F3N2O3. The fourth-order valence-corrected chi connectivity index (χ4v) is 2.60. The van der Waals surface area contributed by atoms with Crippen molar-refractivity contribution in [1.82, 2.24) is 5.32 Å². The van der Waals surface area contributed by atoms with Crippen molar-refractivity contribution in [3.8, 4) is 5.75 Å². The number of carbonyl (C=O) groups is 1. The standard InChI is InChI=1S/C16H21F3N2O3/c1-23-14-4-2-13(3-5-14)21-8-6-12(7-9-21)20-15(22)10-24-11-16(17,18)19/h2-5,12H,6-11H2,1H3,(H,20,22). The molecule has 2 rings (SSSR count). The third-order valence-electron chi connectivity index (χ3n) is 3.80. The molecule has 0 radical (unpaired) electrons. The number of methoxy groups -OCH3 is 1. The summed E-state index contributed by atoms with van der Waals surface area (Å²) in [4.78, 5) is 13.8. The van der Waals surface area contributed by atoms with E-state index >= 15 is 0 Å². The zero-order valence-corrected chi connectivity index (χ0v) is 13.4. The van der Waals surface area contributed by atoms with Crippen LogP contribution in [-0.2, 0) is 9.53 Å². The average molecular weight is 346 g/mol. The molecule has 0 unspecified atom stereocenters. The number of alkyl halides is 3. The summed E-state index contributed by atoms with van der Waals surface area (Å²) < 4.78 is 45.3. The minimum atomic E-state index is -4.41. The van der Waals surface area contributed by atoms with Crippen molar-refractivity contribution >= 4 is 11.6 Å². The second kappa shape index (κ2) is 8.23. The quantitative estimate of drug-likeness (QED) is 0.859. The normalized spacial score (nSPS) is 16.1. The Bertz CT molecular complexity index is 526. The topological polar surface area (TPSA) is 50.8 Å². The molecule has 1 aliphatic rings. The van der Waals surface area contributed by atoms with Crippen molar-refractivity contribution in [3.05, 3.63) is 24.3 Å². The van der Waals surface area contributed by atoms with Crippen molar-refractivity contribution in [2.75, 3.05) is 38.3 Å². The van der Waals surface area contributed by atoms with Crippen LogP contribution in [0.15, 0.2) is 24.3 Å². The Labute approximate surface area is 138 Å². The number of benzene rings is 1. The molecule has 1 fully saturated rings. The Morgan fingerprint density at radius 3 is 2.42 bits per heavy atom. The second-order valence-electron chi connectivity index (χ2n) is 5.63. The van der Waals surface area contributed by atoms with Gasteiger partial charge in [-0.2, -0.15) is 13.2 Å². The molecule has 1 saturated heterocycles. The molecule has 1 aromatic carbocycles. The summed E-state index contributed by atoms with van der Waals surface area (Å²) >= 11 is 0. The molecule has 1 amide bonds. The van der Waals surface area contributed by atoms with Crippen LogP contribution in [0.1, 0.15) is 12.8 Å². The van der Waals surface area contributed by atoms with Gasteiger partial charge in [-0.3, -0.25) is 4.79 Å². The van der Waals surface area contributed by atoms with E-state index in [-0.39, 0.29) is 6.04 Å². The van der Waals surface area contributed by atoms with E-state index in [0.29, 0.717) is 0 Å². The van der Waals surface area contributed by atoms with Crippen LogP contribution in [0.3, 0.4) is 0 Å². The Morgan fingerprint density at radius 1 is 1.25 bits per heavy atom. The highest BCUT2D eigenvalue weighted by atomic mass is 19.4. The van der Waals surface area contributed by atoms with E-state index in [4.69, 9.17) is 4.74 Å². The van der Waals surface area contributed by atoms with Gasteiger partial charge in [0.05, 0.1) is 7.11 Å². The van der Waals surface area contributed by atoms with Gasteiger partial charge in [-0.1, -0.05) is 0 Å². The first-order valence-corrected chi connectivity index (χ1v) is 7.70. The Morgan fingerprint density at radius 2 is 1.88 bits per heavy atom. The van der Waals surface area contributed by atoms with Crippen molar-refractivity contribution in [3.63, 3.8) is 0 Å². The highest BCUT2D eigenvalue weighted by Gasteiger charge is 2.28. The number of anilines is 1. The Hall–Kier alpha value is -1.96. The van der Waals surface area contributed by atoms with E-state index < -0.39 is 25.3 Å². The Balaban J connectivity index is 1.71. The smallest absolute Gasteiger partial charge is 0.411 e. The number of piperidine rings is 1. The number of nitrogens with zero attached hydrogens (tertiary/aromatic N) is 1. The van der Waals surface area contributed by atoms with Gasteiger partial charge in [0.2, 0.25) is 5.91 Å². The predicted octanol–water partition coefficient (Wildman–Crippen LogP) is 2.36. The molecular weight excluding hydrogens is 325 g/mol. The number of carbonyl (C=O) groups excluding carboxylic acids is 1. The summed E-state index contributed by atoms with van der Waals surface area (Å²) in [6, 6.07) is 7.69. The first kappa shape index (κ1) is 18.4. The van der Waals surface area contributed by atoms with Crippen LogP contribution in [0, 0.1) is 0 Å². The van der Waals surface area contributed by atoms with Crippen LogP contribution >= 0.6 is 0 Å². The molecule has 5 nitrogen and oxygen atoms in total. The van der Waals surface area contributed by atoms with Crippen LogP contribution in [-0.4, -0.2) is 51.5 Å². The maximum atomic E-state index is 11.9. The molecule has 0 atom stereocenters. The zero-order valence-electron chi connectivity index (χ0n) is 13.4. The van der Waals surface area contributed by atoms with Crippen molar-refractivity contribution in [2.45, 2.75) is 25.1 Å². The van der Waals surface area contributed by atoms with Crippen LogP contribution in [0.5, 0.6) is 5.75 Å². The van der Waals surface area contributed by atoms with Gasteiger partial charge in [-0.05, 0) is 37.1 Å². The number of hydrogen-bond donors (Lipinski definition) is 1. The maximum absolute atomic E-state index is 11.9. The molecule has 1 aliphatic heterocycles. The lowest BCUT2D eigenvalue weighted by atomic mass is 10.0. The van der Waals surface area contributed by atoms with E-state index in [0.717, 1.165) is 37.4 Å². The second-order valence-corrected chi connectivity index (χ2v) is 5.63. The van der Waals surface area contributed by atoms with Gasteiger partial charge in [-0.15, -0.1) is 0 Å². The molecule has 8 heteroatoms. The van der Waals surface area contributed by atoms with Crippen LogP contribution in [0.4, 0.5) is 18.9 Å². The molecule has 0 aliphatic carbocycles. The molecule has 1 N–H and O–H groups in total. The number of hydrogen-bond acceptors (Lipinski definition) is 4. The summed E-state index contributed by atoms with van der Waals surface area (Å²) in [5, 5.41) is 2.72. The molecule has 1 aromatic rings. The molecule has 0 saturated carbocycles. The average Bonchev–Trinajstić information content (AvgIpc) is 2.54. The fourth-order valence-electron chi connectivity index (χ4n) is 2.60. The number of halogens is 3. The summed E-state index contributed by atoms with van der Waals surface area (Å²) in [5.74, 6) is 0.280. The molecule has 0 bridgehead atoms. The van der Waals surface area contributed by atoms with Gasteiger partial charge in [0.15, 0.2) is 0 Å². The lowest BCUT2D eigenvalue weighted by molar-refractivity contribution is -0.175. The largest absolute Gasteiger partial charge is 0.497 e. The van der Waals surface area contributed by atoms with Gasteiger partial charge in [-0.25, -0.2) is 0 Å². The third kappa shape index (κ3) is 5.92. The third-order valence-corrected chi connectivity index (χ3v) is 3.80. The van der Waals surface area contributed by atoms with E-state index in [2.05, 4.69) is 15.0 Å². The lowest BCUT2D eigenvalue weighted by Crippen LogP contribution is -2.45. The highest BCUT2D eigenvalue weighted by molar-refractivity contribution is 5.77. The number of ether oxygens (including phenoxy) is 2. The summed E-state index contributed by atoms with van der Waals surface area (Å²) in [6.07, 6.45) is -2.95. The Kier molecular flexibility index (Phi) is 6.30. The maximum Gasteiger partial charge on any atom is 0.411 e. The minimum absolute atomic E-state index is 0.0403. The van der Waals surface area contributed by atoms with E-state index in [9.17, 15) is 18.0 Å². The lowest BCUT2D eigenvalue weighted by Gasteiger charge is -2.34. The van der Waals surface area contributed by atoms with E-state index in [1.807, 2.05) is 24.3 Å². The van der Waals surface area contributed by atoms with Gasteiger partial charge in [0.25, 0.3) is 0 Å². The molecule has 0 aromatic heterocycles. The van der Waals surface area contributed by atoms with E-state index in [1.54, 1.807) is 7.11 Å². The fraction of sp³-hybridized carbons (Fsp3) is 0.562. The molecule has 134 valence electrons. The van der Waals surface area contributed by atoms with Crippen molar-refractivity contribution < 1.29 is 27.4 Å². The summed E-state index contributed by atoms with van der Waals surface area (Å²) in [7, 11) is 1.61. The zero-order chi connectivity index (χ0) is 17.6. The van der Waals surface area contributed by atoms with Crippen LogP contribution < -0.4 is 15.0 Å². The SMILES string of the molecule is COc1ccc(N2CCC(NC(=O)COCC(F)(F)F)CC2)cc1. The number of rotatable bonds is 6. The van der Waals surface area contributed by atoms with Gasteiger partial charge >= 0.3 is 6.18 Å². The van der Waals surface area contributed by atoms with E-state index in [1.165, 1.54) is 0 Å². The summed E-state index contributed by atoms with van der Waals surface area (Å²) in [6.45, 7) is -0.449. The van der Waals surface area contributed by atoms with Crippen molar-refractivity contribution in [1.29, 1.82) is 0 Å². The minimum Gasteiger partial charge on any atom is -0.497 e.